The van der Waals surface area contributed by atoms with Gasteiger partial charge in [-0.15, -0.1) is 0 Å². The lowest BCUT2D eigenvalue weighted by Crippen LogP contribution is -2.16. The molecule has 1 rings (SSSR count). The Morgan fingerprint density at radius 2 is 1.58 bits per heavy atom. The molecule has 0 unspecified atom stereocenters. The minimum atomic E-state index is -1.40. The van der Waals surface area contributed by atoms with Crippen molar-refractivity contribution in [1.29, 1.82) is 0 Å². The second-order valence-corrected chi connectivity index (χ2v) is 5.25. The minimum absolute atomic E-state index is 0.0528. The second kappa shape index (κ2) is 10.3. The minimum Gasteiger partial charge on any atom is -0.478 e. The molecule has 0 atom stereocenters. The number of carboxylic acids is 2. The van der Waals surface area contributed by atoms with E-state index in [9.17, 15) is 24.6 Å². The predicted octanol–water partition coefficient (Wildman–Crippen LogP) is 2.93. The van der Waals surface area contributed by atoms with Gasteiger partial charge in [-0.3, -0.25) is 4.79 Å². The number of rotatable bonds is 11. The molecule has 1 aromatic carbocycles. The first-order chi connectivity index (χ1) is 11.5. The van der Waals surface area contributed by atoms with E-state index in [1.165, 1.54) is 0 Å². The molecule has 0 saturated heterocycles. The van der Waals surface area contributed by atoms with Crippen LogP contribution in [0.3, 0.4) is 0 Å². The molecule has 6 nitrogen and oxygen atoms in total. The van der Waals surface area contributed by atoms with Crippen LogP contribution >= 0.6 is 0 Å². The van der Waals surface area contributed by atoms with Gasteiger partial charge in [0.05, 0.1) is 17.8 Å². The van der Waals surface area contributed by atoms with Crippen molar-refractivity contribution in [2.24, 2.45) is 0 Å². The third-order valence-electron chi connectivity index (χ3n) is 3.45. The number of hydrogen-bond acceptors (Lipinski definition) is 4. The Labute approximate surface area is 140 Å². The fraction of sp³-hybridized carbons (Fsp3) is 0.389. The molecule has 130 valence electrons. The number of carbonyl (C=O) groups excluding carboxylic acids is 1. The molecule has 2 N–H and O–H groups in total. The van der Waals surface area contributed by atoms with Crippen molar-refractivity contribution in [1.82, 2.24) is 0 Å². The van der Waals surface area contributed by atoms with Gasteiger partial charge in [0, 0.05) is 25.0 Å². The van der Waals surface area contributed by atoms with E-state index < -0.39 is 29.7 Å². The lowest BCUT2D eigenvalue weighted by atomic mass is 9.97. The highest BCUT2D eigenvalue weighted by atomic mass is 16.5. The molecular weight excluding hydrogens is 312 g/mol. The van der Waals surface area contributed by atoms with Crippen LogP contribution in [-0.4, -0.2) is 41.1 Å². The molecule has 6 heteroatoms. The van der Waals surface area contributed by atoms with Gasteiger partial charge in [-0.2, -0.15) is 0 Å². The molecule has 0 aliphatic carbocycles. The summed E-state index contributed by atoms with van der Waals surface area (Å²) in [5, 5.41) is 18.6. The Hall–Kier alpha value is -2.47. The zero-order valence-corrected chi connectivity index (χ0v) is 13.7. The van der Waals surface area contributed by atoms with Crippen molar-refractivity contribution < 1.29 is 29.3 Å². The van der Waals surface area contributed by atoms with Crippen molar-refractivity contribution in [2.45, 2.75) is 32.6 Å². The van der Waals surface area contributed by atoms with Gasteiger partial charge in [0.2, 0.25) is 0 Å². The van der Waals surface area contributed by atoms with Gasteiger partial charge < -0.3 is 14.9 Å². The van der Waals surface area contributed by atoms with Gasteiger partial charge in [0.25, 0.3) is 0 Å². The monoisotopic (exact) mass is 334 g/mol. The quantitative estimate of drug-likeness (QED) is 0.366. The summed E-state index contributed by atoms with van der Waals surface area (Å²) >= 11 is 0. The number of carbonyl (C=O) groups is 3. The van der Waals surface area contributed by atoms with Crippen LogP contribution < -0.4 is 0 Å². The van der Waals surface area contributed by atoms with Crippen molar-refractivity contribution in [2.75, 3.05) is 13.2 Å². The van der Waals surface area contributed by atoms with Crippen molar-refractivity contribution >= 4 is 17.7 Å². The maximum Gasteiger partial charge on any atom is 0.332 e. The largest absolute Gasteiger partial charge is 0.478 e. The van der Waals surface area contributed by atoms with E-state index in [0.717, 1.165) is 12.8 Å². The Kier molecular flexibility index (Phi) is 8.43. The Bertz CT molecular complexity index is 603. The fourth-order valence-electron chi connectivity index (χ4n) is 2.11. The third kappa shape index (κ3) is 6.34. The first-order valence-electron chi connectivity index (χ1n) is 7.82. The van der Waals surface area contributed by atoms with Gasteiger partial charge in [-0.25, -0.2) is 9.59 Å². The SMILES string of the molecule is CCCCOCCC(C(=O)O)=C(CC(=O)c1ccccc1)C(=O)O. The topological polar surface area (TPSA) is 101 Å². The standard InChI is InChI=1S/C18H22O6/c1-2-3-10-24-11-9-14(17(20)21)15(18(22)23)12-16(19)13-7-5-4-6-8-13/h4-8H,2-3,9-12H2,1H3,(H,20,21)(H,22,23). The van der Waals surface area contributed by atoms with Crippen LogP contribution in [0.1, 0.15) is 43.0 Å². The molecule has 0 aliphatic rings. The third-order valence-corrected chi connectivity index (χ3v) is 3.45. The molecule has 0 heterocycles. The van der Waals surface area contributed by atoms with Crippen LogP contribution in [0.4, 0.5) is 0 Å². The molecule has 0 aromatic heterocycles. The van der Waals surface area contributed by atoms with Crippen LogP contribution in [0.5, 0.6) is 0 Å². The number of aliphatic carboxylic acids is 2. The van der Waals surface area contributed by atoms with Crippen LogP contribution in [0.25, 0.3) is 0 Å². The number of unbranched alkanes of at least 4 members (excludes halogenated alkanes) is 1. The summed E-state index contributed by atoms with van der Waals surface area (Å²) in [6.07, 6.45) is 1.29. The number of hydrogen-bond donors (Lipinski definition) is 2. The molecule has 24 heavy (non-hydrogen) atoms. The summed E-state index contributed by atoms with van der Waals surface area (Å²) in [7, 11) is 0. The van der Waals surface area contributed by atoms with E-state index in [-0.39, 0.29) is 18.6 Å². The summed E-state index contributed by atoms with van der Waals surface area (Å²) in [5.74, 6) is -3.17. The molecule has 0 amide bonds. The number of ketones is 1. The van der Waals surface area contributed by atoms with Crippen molar-refractivity contribution in [3.05, 3.63) is 47.0 Å². The molecule has 0 fully saturated rings. The Morgan fingerprint density at radius 1 is 0.958 bits per heavy atom. The van der Waals surface area contributed by atoms with Crippen LogP contribution in [-0.2, 0) is 14.3 Å². The van der Waals surface area contributed by atoms with Crippen LogP contribution in [0.2, 0.25) is 0 Å². The fourth-order valence-corrected chi connectivity index (χ4v) is 2.11. The number of Topliss-reactive ketones (excluding diaryl/α,β-unsaturated/α-hetero) is 1. The molecule has 0 aliphatic heterocycles. The lowest BCUT2D eigenvalue weighted by molar-refractivity contribution is -0.136. The van der Waals surface area contributed by atoms with E-state index in [1.54, 1.807) is 30.3 Å². The zero-order valence-electron chi connectivity index (χ0n) is 13.7. The first kappa shape index (κ1) is 19.6. The van der Waals surface area contributed by atoms with Gasteiger partial charge in [0.1, 0.15) is 0 Å². The van der Waals surface area contributed by atoms with Crippen molar-refractivity contribution in [3.8, 4) is 0 Å². The highest BCUT2D eigenvalue weighted by molar-refractivity contribution is 6.06. The molecule has 1 aromatic rings. The molecular formula is C18H22O6. The Balaban J connectivity index is 2.89. The highest BCUT2D eigenvalue weighted by Crippen LogP contribution is 2.17. The average molecular weight is 334 g/mol. The van der Waals surface area contributed by atoms with Crippen LogP contribution in [0, 0.1) is 0 Å². The van der Waals surface area contributed by atoms with Gasteiger partial charge in [0.15, 0.2) is 5.78 Å². The summed E-state index contributed by atoms with van der Waals surface area (Å²) in [4.78, 5) is 35.0. The Morgan fingerprint density at radius 3 is 2.12 bits per heavy atom. The van der Waals surface area contributed by atoms with Crippen molar-refractivity contribution in [3.63, 3.8) is 0 Å². The smallest absolute Gasteiger partial charge is 0.332 e. The summed E-state index contributed by atoms with van der Waals surface area (Å²) in [6.45, 7) is 2.61. The molecule has 0 radical (unpaired) electrons. The van der Waals surface area contributed by atoms with E-state index in [1.807, 2.05) is 6.92 Å². The summed E-state index contributed by atoms with van der Waals surface area (Å²) in [5.41, 5.74) is -0.334. The second-order valence-electron chi connectivity index (χ2n) is 5.25. The van der Waals surface area contributed by atoms with E-state index in [4.69, 9.17) is 4.74 Å². The maximum absolute atomic E-state index is 12.2. The predicted molar refractivity (Wildman–Crippen MR) is 88.0 cm³/mol. The zero-order chi connectivity index (χ0) is 17.9. The first-order valence-corrected chi connectivity index (χ1v) is 7.82. The highest BCUT2D eigenvalue weighted by Gasteiger charge is 2.23. The van der Waals surface area contributed by atoms with Gasteiger partial charge in [-0.1, -0.05) is 43.7 Å². The molecule has 0 bridgehead atoms. The summed E-state index contributed by atoms with van der Waals surface area (Å²) < 4.78 is 5.30. The maximum atomic E-state index is 12.2. The lowest BCUT2D eigenvalue weighted by Gasteiger charge is -2.09. The van der Waals surface area contributed by atoms with E-state index >= 15 is 0 Å². The number of benzene rings is 1. The number of carboxylic acid groups (broad SMARTS) is 2. The van der Waals surface area contributed by atoms with Gasteiger partial charge in [-0.05, 0) is 6.42 Å². The van der Waals surface area contributed by atoms with E-state index in [2.05, 4.69) is 0 Å². The molecule has 0 saturated carbocycles. The summed E-state index contributed by atoms with van der Waals surface area (Å²) in [6, 6.07) is 8.20. The average Bonchev–Trinajstić information content (AvgIpc) is 2.56. The molecule has 0 spiro atoms. The van der Waals surface area contributed by atoms with Crippen LogP contribution in [0.15, 0.2) is 41.5 Å². The van der Waals surface area contributed by atoms with Gasteiger partial charge >= 0.3 is 11.9 Å². The van der Waals surface area contributed by atoms with E-state index in [0.29, 0.717) is 12.2 Å². The normalized spacial score (nSPS) is 11.7. The number of ether oxygens (including phenoxy) is 1.